The summed E-state index contributed by atoms with van der Waals surface area (Å²) < 4.78 is 23.6. The van der Waals surface area contributed by atoms with Crippen LogP contribution in [0.3, 0.4) is 0 Å². The standard InChI is InChI=1S/C11H11ClN4O4S/c1-7-3-13-10(8(2)11(7)16(17)18)6-15-5-9(4-14-15)21(12,19)20/h3-5H,6H2,1-2H3. The molecular formula is C11H11ClN4O4S. The van der Waals surface area contributed by atoms with Crippen LogP contribution in [0.2, 0.25) is 0 Å². The average molecular weight is 331 g/mol. The van der Waals surface area contributed by atoms with Crippen molar-refractivity contribution in [2.45, 2.75) is 25.3 Å². The number of aryl methyl sites for hydroxylation is 1. The van der Waals surface area contributed by atoms with Crippen LogP contribution in [0.1, 0.15) is 16.8 Å². The largest absolute Gasteiger partial charge is 0.278 e. The highest BCUT2D eigenvalue weighted by Crippen LogP contribution is 2.24. The van der Waals surface area contributed by atoms with E-state index in [1.807, 2.05) is 0 Å². The van der Waals surface area contributed by atoms with E-state index in [-0.39, 0.29) is 17.1 Å². The number of halogens is 1. The zero-order valence-corrected chi connectivity index (χ0v) is 12.7. The lowest BCUT2D eigenvalue weighted by Gasteiger charge is -2.07. The van der Waals surface area contributed by atoms with Gasteiger partial charge in [-0.25, -0.2) is 8.42 Å². The molecule has 21 heavy (non-hydrogen) atoms. The molecule has 0 aliphatic heterocycles. The summed E-state index contributed by atoms with van der Waals surface area (Å²) in [5.74, 6) is 0. The van der Waals surface area contributed by atoms with Crippen molar-refractivity contribution in [2.75, 3.05) is 0 Å². The topological polar surface area (TPSA) is 108 Å². The average Bonchev–Trinajstić information content (AvgIpc) is 2.81. The van der Waals surface area contributed by atoms with E-state index in [1.165, 1.54) is 17.1 Å². The molecule has 0 N–H and O–H groups in total. The lowest BCUT2D eigenvalue weighted by atomic mass is 10.1. The van der Waals surface area contributed by atoms with E-state index in [9.17, 15) is 18.5 Å². The number of hydrogen-bond donors (Lipinski definition) is 0. The summed E-state index contributed by atoms with van der Waals surface area (Å²) in [7, 11) is 1.36. The summed E-state index contributed by atoms with van der Waals surface area (Å²) in [4.78, 5) is 14.6. The highest BCUT2D eigenvalue weighted by atomic mass is 35.7. The summed E-state index contributed by atoms with van der Waals surface area (Å²) in [6.45, 7) is 3.31. The van der Waals surface area contributed by atoms with Crippen LogP contribution >= 0.6 is 10.7 Å². The summed E-state index contributed by atoms with van der Waals surface area (Å²) in [6.07, 6.45) is 3.76. The third-order valence-electron chi connectivity index (χ3n) is 2.96. The summed E-state index contributed by atoms with van der Waals surface area (Å²) in [5, 5.41) is 14.9. The van der Waals surface area contributed by atoms with Crippen molar-refractivity contribution >= 4 is 25.4 Å². The van der Waals surface area contributed by atoms with Gasteiger partial charge in [0.15, 0.2) is 0 Å². The number of rotatable bonds is 4. The Morgan fingerprint density at radius 1 is 1.38 bits per heavy atom. The zero-order valence-electron chi connectivity index (χ0n) is 11.1. The van der Waals surface area contributed by atoms with Crippen LogP contribution in [-0.4, -0.2) is 28.1 Å². The molecule has 0 fully saturated rings. The Balaban J connectivity index is 2.39. The van der Waals surface area contributed by atoms with Crippen molar-refractivity contribution in [3.8, 4) is 0 Å². The van der Waals surface area contributed by atoms with Gasteiger partial charge in [-0.2, -0.15) is 5.10 Å². The Bertz CT molecular complexity index is 816. The number of nitrogens with zero attached hydrogens (tertiary/aromatic N) is 4. The van der Waals surface area contributed by atoms with Crippen molar-refractivity contribution in [2.24, 2.45) is 0 Å². The first-order chi connectivity index (χ1) is 9.70. The summed E-state index contributed by atoms with van der Waals surface area (Å²) >= 11 is 0. The number of aromatic nitrogens is 3. The maximum Gasteiger partial charge on any atom is 0.278 e. The van der Waals surface area contributed by atoms with Gasteiger partial charge in [-0.3, -0.25) is 19.8 Å². The molecule has 0 bridgehead atoms. The Hall–Kier alpha value is -2.00. The Morgan fingerprint density at radius 2 is 2.05 bits per heavy atom. The van der Waals surface area contributed by atoms with Crippen LogP contribution in [-0.2, 0) is 15.6 Å². The van der Waals surface area contributed by atoms with Crippen LogP contribution < -0.4 is 0 Å². The van der Waals surface area contributed by atoms with E-state index in [0.717, 1.165) is 6.20 Å². The molecule has 0 aliphatic carbocycles. The fraction of sp³-hybridized carbons (Fsp3) is 0.273. The SMILES string of the molecule is Cc1cnc(Cn2cc(S(=O)(=O)Cl)cn2)c(C)c1[N+](=O)[O-]. The molecule has 112 valence electrons. The smallest absolute Gasteiger partial charge is 0.265 e. The number of nitro groups is 1. The predicted molar refractivity (Wildman–Crippen MR) is 74.7 cm³/mol. The van der Waals surface area contributed by atoms with Crippen molar-refractivity contribution in [3.63, 3.8) is 0 Å². The second kappa shape index (κ2) is 5.41. The molecule has 0 unspecified atom stereocenters. The minimum atomic E-state index is -3.85. The van der Waals surface area contributed by atoms with Crippen molar-refractivity contribution in [3.05, 3.63) is 45.5 Å². The van der Waals surface area contributed by atoms with E-state index >= 15 is 0 Å². The first kappa shape index (κ1) is 15.4. The zero-order chi connectivity index (χ0) is 15.8. The van der Waals surface area contributed by atoms with Gasteiger partial charge < -0.3 is 0 Å². The Labute approximate surface area is 124 Å². The van der Waals surface area contributed by atoms with Gasteiger partial charge in [0.1, 0.15) is 4.90 Å². The third-order valence-corrected chi connectivity index (χ3v) is 4.27. The molecule has 2 aromatic heterocycles. The summed E-state index contributed by atoms with van der Waals surface area (Å²) in [5.41, 5.74) is 1.32. The predicted octanol–water partition coefficient (Wildman–Crippen LogP) is 1.78. The fourth-order valence-corrected chi connectivity index (χ4v) is 2.58. The molecule has 2 aromatic rings. The first-order valence-electron chi connectivity index (χ1n) is 5.76. The molecule has 0 amide bonds. The molecule has 8 nitrogen and oxygen atoms in total. The monoisotopic (exact) mass is 330 g/mol. The highest BCUT2D eigenvalue weighted by Gasteiger charge is 2.19. The molecule has 0 spiro atoms. The van der Waals surface area contributed by atoms with E-state index in [2.05, 4.69) is 10.1 Å². The van der Waals surface area contributed by atoms with Gasteiger partial charge in [0.05, 0.1) is 28.9 Å². The molecule has 0 saturated carbocycles. The normalized spacial score (nSPS) is 11.6. The minimum absolute atomic E-state index is 0.00246. The van der Waals surface area contributed by atoms with Gasteiger partial charge in [-0.15, -0.1) is 0 Å². The molecule has 0 radical (unpaired) electrons. The lowest BCUT2D eigenvalue weighted by molar-refractivity contribution is -0.386. The van der Waals surface area contributed by atoms with Gasteiger partial charge in [0, 0.05) is 28.6 Å². The second-order valence-corrected chi connectivity index (χ2v) is 7.00. The van der Waals surface area contributed by atoms with Crippen LogP contribution in [0.15, 0.2) is 23.5 Å². The van der Waals surface area contributed by atoms with E-state index in [4.69, 9.17) is 10.7 Å². The van der Waals surface area contributed by atoms with Crippen LogP contribution in [0.5, 0.6) is 0 Å². The molecule has 10 heteroatoms. The minimum Gasteiger partial charge on any atom is -0.265 e. The molecule has 2 heterocycles. The maximum absolute atomic E-state index is 11.2. The Morgan fingerprint density at radius 3 is 2.57 bits per heavy atom. The van der Waals surface area contributed by atoms with Crippen molar-refractivity contribution < 1.29 is 13.3 Å². The lowest BCUT2D eigenvalue weighted by Crippen LogP contribution is -2.07. The third kappa shape index (κ3) is 3.19. The van der Waals surface area contributed by atoms with Gasteiger partial charge >= 0.3 is 0 Å². The molecule has 0 aromatic carbocycles. The first-order valence-corrected chi connectivity index (χ1v) is 8.07. The summed E-state index contributed by atoms with van der Waals surface area (Å²) in [6, 6.07) is 0. The van der Waals surface area contributed by atoms with Crippen LogP contribution in [0.4, 0.5) is 5.69 Å². The second-order valence-electron chi connectivity index (χ2n) is 4.43. The molecular weight excluding hydrogens is 320 g/mol. The quantitative estimate of drug-likeness (QED) is 0.480. The van der Waals surface area contributed by atoms with Crippen molar-refractivity contribution in [1.29, 1.82) is 0 Å². The fourth-order valence-electron chi connectivity index (χ4n) is 1.92. The number of hydrogen-bond acceptors (Lipinski definition) is 6. The van der Waals surface area contributed by atoms with Gasteiger partial charge in [0.2, 0.25) is 0 Å². The van der Waals surface area contributed by atoms with Gasteiger partial charge in [-0.05, 0) is 13.8 Å². The van der Waals surface area contributed by atoms with E-state index < -0.39 is 14.0 Å². The van der Waals surface area contributed by atoms with Crippen molar-refractivity contribution in [1.82, 2.24) is 14.8 Å². The molecule has 0 atom stereocenters. The molecule has 0 saturated heterocycles. The van der Waals surface area contributed by atoms with Gasteiger partial charge in [-0.1, -0.05) is 0 Å². The van der Waals surface area contributed by atoms with Gasteiger partial charge in [0.25, 0.3) is 14.7 Å². The molecule has 2 rings (SSSR count). The number of pyridine rings is 1. The maximum atomic E-state index is 11.2. The van der Waals surface area contributed by atoms with Crippen LogP contribution in [0, 0.1) is 24.0 Å². The molecule has 0 aliphatic rings. The highest BCUT2D eigenvalue weighted by molar-refractivity contribution is 8.13. The Kier molecular flexibility index (Phi) is 3.97. The van der Waals surface area contributed by atoms with Crippen LogP contribution in [0.25, 0.3) is 0 Å². The van der Waals surface area contributed by atoms with E-state index in [0.29, 0.717) is 16.8 Å². The van der Waals surface area contributed by atoms with E-state index in [1.54, 1.807) is 13.8 Å².